The van der Waals surface area contributed by atoms with Crippen molar-refractivity contribution >= 4 is 23.5 Å². The number of hydrogen-bond donors (Lipinski definition) is 1. The van der Waals surface area contributed by atoms with Crippen LogP contribution < -0.4 is 5.32 Å². The molecule has 0 aliphatic carbocycles. The van der Waals surface area contributed by atoms with Crippen LogP contribution in [0.25, 0.3) is 0 Å². The maximum Gasteiger partial charge on any atom is 0.0298 e. The van der Waals surface area contributed by atoms with Crippen molar-refractivity contribution in [3.8, 4) is 0 Å². The van der Waals surface area contributed by atoms with Gasteiger partial charge in [0.1, 0.15) is 0 Å². The van der Waals surface area contributed by atoms with E-state index in [1.165, 1.54) is 23.3 Å². The van der Waals surface area contributed by atoms with Crippen LogP contribution in [0.5, 0.6) is 0 Å². The standard InChI is InChI=1S/C18H29NS2/c1-5-10-19-17(11-16-8-6-13(2)7-9-16)18-12-20-14(3)15(4)21-18/h6-9,14-15,17-19H,5,10-12H2,1-4H3. The van der Waals surface area contributed by atoms with E-state index in [1.807, 2.05) is 0 Å². The van der Waals surface area contributed by atoms with Crippen molar-refractivity contribution in [2.75, 3.05) is 12.3 Å². The number of rotatable bonds is 6. The summed E-state index contributed by atoms with van der Waals surface area (Å²) in [5.74, 6) is 1.28. The lowest BCUT2D eigenvalue weighted by atomic mass is 10.0. The summed E-state index contributed by atoms with van der Waals surface area (Å²) in [7, 11) is 0. The van der Waals surface area contributed by atoms with E-state index in [-0.39, 0.29) is 0 Å². The second-order valence-electron chi connectivity index (χ2n) is 6.17. The van der Waals surface area contributed by atoms with Crippen molar-refractivity contribution in [3.63, 3.8) is 0 Å². The number of hydrogen-bond acceptors (Lipinski definition) is 3. The largest absolute Gasteiger partial charge is 0.313 e. The summed E-state index contributed by atoms with van der Waals surface area (Å²) in [6, 6.07) is 9.66. The van der Waals surface area contributed by atoms with E-state index < -0.39 is 0 Å². The normalized spacial score (nSPS) is 27.5. The van der Waals surface area contributed by atoms with E-state index in [9.17, 15) is 0 Å². The van der Waals surface area contributed by atoms with Crippen LogP contribution in [-0.2, 0) is 6.42 Å². The molecule has 1 nitrogen and oxygen atoms in total. The molecule has 1 N–H and O–H groups in total. The van der Waals surface area contributed by atoms with Gasteiger partial charge in [-0.2, -0.15) is 23.5 Å². The molecule has 0 saturated carbocycles. The molecule has 4 unspecified atom stereocenters. The SMILES string of the molecule is CCCNC(Cc1ccc(C)cc1)C1CSC(C)C(C)S1. The molecule has 1 aliphatic rings. The van der Waals surface area contributed by atoms with Crippen molar-refractivity contribution in [3.05, 3.63) is 35.4 Å². The van der Waals surface area contributed by atoms with Gasteiger partial charge in [0.15, 0.2) is 0 Å². The second-order valence-corrected chi connectivity index (χ2v) is 9.20. The molecule has 1 aliphatic heterocycles. The molecule has 2 rings (SSSR count). The maximum absolute atomic E-state index is 3.80. The van der Waals surface area contributed by atoms with Crippen LogP contribution in [0.2, 0.25) is 0 Å². The minimum absolute atomic E-state index is 0.597. The molecule has 0 radical (unpaired) electrons. The van der Waals surface area contributed by atoms with E-state index in [0.29, 0.717) is 6.04 Å². The molecule has 4 atom stereocenters. The Kier molecular flexibility index (Phi) is 6.97. The first kappa shape index (κ1) is 17.2. The minimum Gasteiger partial charge on any atom is -0.313 e. The first-order chi connectivity index (χ1) is 10.1. The Labute approximate surface area is 139 Å². The van der Waals surface area contributed by atoms with Crippen LogP contribution in [0.1, 0.15) is 38.3 Å². The predicted molar refractivity (Wildman–Crippen MR) is 99.7 cm³/mol. The van der Waals surface area contributed by atoms with Gasteiger partial charge >= 0.3 is 0 Å². The quantitative estimate of drug-likeness (QED) is 0.826. The van der Waals surface area contributed by atoms with Gasteiger partial charge in [-0.25, -0.2) is 0 Å². The molecule has 0 aromatic heterocycles. The lowest BCUT2D eigenvalue weighted by Gasteiger charge is -2.36. The third-order valence-corrected chi connectivity index (χ3v) is 7.81. The Balaban J connectivity index is 2.01. The van der Waals surface area contributed by atoms with Gasteiger partial charge in [0.25, 0.3) is 0 Å². The first-order valence-electron chi connectivity index (χ1n) is 8.16. The highest BCUT2D eigenvalue weighted by atomic mass is 32.2. The lowest BCUT2D eigenvalue weighted by Crippen LogP contribution is -2.45. The average Bonchev–Trinajstić information content (AvgIpc) is 2.48. The zero-order chi connectivity index (χ0) is 15.2. The number of aryl methyl sites for hydroxylation is 1. The van der Waals surface area contributed by atoms with Crippen LogP contribution >= 0.6 is 23.5 Å². The van der Waals surface area contributed by atoms with Crippen molar-refractivity contribution in [2.45, 2.75) is 62.3 Å². The fourth-order valence-electron chi connectivity index (χ4n) is 2.66. The summed E-state index contributed by atoms with van der Waals surface area (Å²) >= 11 is 4.34. The second kappa shape index (κ2) is 8.50. The molecular weight excluding hydrogens is 294 g/mol. The molecule has 3 heteroatoms. The summed E-state index contributed by atoms with van der Waals surface area (Å²) in [6.07, 6.45) is 2.36. The molecule has 1 heterocycles. The van der Waals surface area contributed by atoms with Crippen molar-refractivity contribution in [2.24, 2.45) is 0 Å². The topological polar surface area (TPSA) is 12.0 Å². The van der Waals surface area contributed by atoms with Gasteiger partial charge < -0.3 is 5.32 Å². The number of benzene rings is 1. The highest BCUT2D eigenvalue weighted by Gasteiger charge is 2.30. The molecule has 1 saturated heterocycles. The van der Waals surface area contributed by atoms with Gasteiger partial charge in [-0.1, -0.05) is 50.6 Å². The monoisotopic (exact) mass is 323 g/mol. The van der Waals surface area contributed by atoms with E-state index in [4.69, 9.17) is 0 Å². The van der Waals surface area contributed by atoms with Crippen LogP contribution in [0, 0.1) is 6.92 Å². The zero-order valence-electron chi connectivity index (χ0n) is 13.8. The molecular formula is C18H29NS2. The van der Waals surface area contributed by atoms with Crippen molar-refractivity contribution in [1.82, 2.24) is 5.32 Å². The van der Waals surface area contributed by atoms with Crippen LogP contribution in [0.15, 0.2) is 24.3 Å². The van der Waals surface area contributed by atoms with Gasteiger partial charge in [-0.05, 0) is 31.9 Å². The molecule has 1 aromatic carbocycles. The van der Waals surface area contributed by atoms with Crippen LogP contribution in [0.4, 0.5) is 0 Å². The molecule has 0 bridgehead atoms. The third kappa shape index (κ3) is 5.22. The van der Waals surface area contributed by atoms with E-state index in [0.717, 1.165) is 28.7 Å². The highest BCUT2D eigenvalue weighted by Crippen LogP contribution is 2.37. The fraction of sp³-hybridized carbons (Fsp3) is 0.667. The summed E-state index contributed by atoms with van der Waals surface area (Å²) in [6.45, 7) is 10.3. The van der Waals surface area contributed by atoms with E-state index in [2.05, 4.69) is 80.8 Å². The Bertz CT molecular complexity index is 418. The van der Waals surface area contributed by atoms with Gasteiger partial charge in [0.2, 0.25) is 0 Å². The summed E-state index contributed by atoms with van der Waals surface area (Å²) in [5, 5.41) is 6.09. The zero-order valence-corrected chi connectivity index (χ0v) is 15.4. The van der Waals surface area contributed by atoms with Crippen LogP contribution in [-0.4, -0.2) is 34.1 Å². The maximum atomic E-state index is 3.80. The van der Waals surface area contributed by atoms with E-state index in [1.54, 1.807) is 0 Å². The third-order valence-electron chi connectivity index (χ3n) is 4.26. The van der Waals surface area contributed by atoms with Gasteiger partial charge in [0.05, 0.1) is 0 Å². The first-order valence-corrected chi connectivity index (χ1v) is 10.1. The van der Waals surface area contributed by atoms with Gasteiger partial charge in [-0.3, -0.25) is 0 Å². The summed E-state index contributed by atoms with van der Waals surface area (Å²) in [5.41, 5.74) is 2.81. The predicted octanol–water partition coefficient (Wildman–Crippen LogP) is 4.53. The van der Waals surface area contributed by atoms with Crippen LogP contribution in [0.3, 0.4) is 0 Å². The minimum atomic E-state index is 0.597. The summed E-state index contributed by atoms with van der Waals surface area (Å²) < 4.78 is 0. The average molecular weight is 324 g/mol. The number of thioether (sulfide) groups is 2. The molecule has 1 fully saturated rings. The molecule has 21 heavy (non-hydrogen) atoms. The van der Waals surface area contributed by atoms with Gasteiger partial charge in [0, 0.05) is 27.5 Å². The Morgan fingerprint density at radius 2 is 1.90 bits per heavy atom. The summed E-state index contributed by atoms with van der Waals surface area (Å²) in [4.78, 5) is 0. The molecule has 118 valence electrons. The number of nitrogens with one attached hydrogen (secondary N) is 1. The van der Waals surface area contributed by atoms with Crippen molar-refractivity contribution in [1.29, 1.82) is 0 Å². The molecule has 0 spiro atoms. The van der Waals surface area contributed by atoms with E-state index >= 15 is 0 Å². The molecule has 1 aromatic rings. The lowest BCUT2D eigenvalue weighted by molar-refractivity contribution is 0.504. The van der Waals surface area contributed by atoms with Gasteiger partial charge in [-0.15, -0.1) is 0 Å². The Morgan fingerprint density at radius 1 is 1.19 bits per heavy atom. The van der Waals surface area contributed by atoms with Crippen molar-refractivity contribution < 1.29 is 0 Å². The Morgan fingerprint density at radius 3 is 2.52 bits per heavy atom. The fourth-order valence-corrected chi connectivity index (χ4v) is 5.79. The smallest absolute Gasteiger partial charge is 0.0298 e. The molecule has 0 amide bonds. The Hall–Kier alpha value is -0.120. The highest BCUT2D eigenvalue weighted by molar-refractivity contribution is 8.07.